The summed E-state index contributed by atoms with van der Waals surface area (Å²) in [6.45, 7) is 3.69. The van der Waals surface area contributed by atoms with Crippen LogP contribution in [0, 0.1) is 0 Å². The Morgan fingerprint density at radius 1 is 1.27 bits per heavy atom. The molecule has 0 bridgehead atoms. The summed E-state index contributed by atoms with van der Waals surface area (Å²) in [5.41, 5.74) is 3.55. The Balaban J connectivity index is 1.46. The number of anilines is 2. The number of amides is 3. The molecule has 4 rings (SSSR count). The number of hydrogen-bond donors (Lipinski definition) is 2. The first-order chi connectivity index (χ1) is 12.5. The van der Waals surface area contributed by atoms with Gasteiger partial charge in [-0.2, -0.15) is 0 Å². The average molecular weight is 357 g/mol. The van der Waals surface area contributed by atoms with Gasteiger partial charge >= 0.3 is 11.8 Å². The maximum Gasteiger partial charge on any atom is 0.313 e. The molecular weight excluding hydrogens is 334 g/mol. The Bertz CT molecular complexity index is 770. The molecule has 7 nitrogen and oxygen atoms in total. The normalized spacial score (nSPS) is 23.7. The third-order valence-electron chi connectivity index (χ3n) is 5.40. The topological polar surface area (TPSA) is 87.7 Å². The summed E-state index contributed by atoms with van der Waals surface area (Å²) < 4.78 is 5.44. The number of aryl methyl sites for hydroxylation is 1. The van der Waals surface area contributed by atoms with Crippen LogP contribution >= 0.6 is 0 Å². The van der Waals surface area contributed by atoms with Gasteiger partial charge in [-0.1, -0.05) is 0 Å². The molecule has 3 aliphatic heterocycles. The van der Waals surface area contributed by atoms with Crippen LogP contribution < -0.4 is 15.5 Å². The number of nitrogens with one attached hydrogen (secondary N) is 2. The van der Waals surface area contributed by atoms with Crippen molar-refractivity contribution in [3.05, 3.63) is 23.3 Å². The van der Waals surface area contributed by atoms with E-state index in [0.717, 1.165) is 49.0 Å². The highest BCUT2D eigenvalue weighted by Crippen LogP contribution is 2.44. The predicted octanol–water partition coefficient (Wildman–Crippen LogP) is 1.32. The van der Waals surface area contributed by atoms with Gasteiger partial charge in [0, 0.05) is 25.4 Å². The number of rotatable bonds is 3. The fourth-order valence-corrected chi connectivity index (χ4v) is 4.05. The molecule has 2 atom stereocenters. The van der Waals surface area contributed by atoms with Gasteiger partial charge in [-0.3, -0.25) is 14.4 Å². The van der Waals surface area contributed by atoms with Crippen LogP contribution in [0.3, 0.4) is 0 Å². The highest BCUT2D eigenvalue weighted by molar-refractivity contribution is 6.39. The van der Waals surface area contributed by atoms with Gasteiger partial charge in [0.2, 0.25) is 5.91 Å². The van der Waals surface area contributed by atoms with Gasteiger partial charge in [-0.25, -0.2) is 0 Å². The van der Waals surface area contributed by atoms with Crippen LogP contribution in [0.15, 0.2) is 12.1 Å². The van der Waals surface area contributed by atoms with Gasteiger partial charge in [-0.05, 0) is 55.9 Å². The molecule has 3 aliphatic rings. The third-order valence-corrected chi connectivity index (χ3v) is 5.40. The smallest absolute Gasteiger partial charge is 0.313 e. The van der Waals surface area contributed by atoms with Crippen molar-refractivity contribution in [2.45, 2.75) is 44.6 Å². The van der Waals surface area contributed by atoms with E-state index in [1.165, 1.54) is 0 Å². The van der Waals surface area contributed by atoms with Gasteiger partial charge in [0.05, 0.1) is 17.7 Å². The molecule has 138 valence electrons. The summed E-state index contributed by atoms with van der Waals surface area (Å²) >= 11 is 0. The first-order valence-corrected chi connectivity index (χ1v) is 9.23. The van der Waals surface area contributed by atoms with Crippen molar-refractivity contribution in [2.75, 3.05) is 29.9 Å². The van der Waals surface area contributed by atoms with Crippen molar-refractivity contribution in [3.8, 4) is 0 Å². The molecule has 7 heteroatoms. The molecule has 26 heavy (non-hydrogen) atoms. The number of carbonyl (C=O) groups is 3. The lowest BCUT2D eigenvalue weighted by molar-refractivity contribution is -0.136. The summed E-state index contributed by atoms with van der Waals surface area (Å²) in [5, 5.41) is 5.30. The van der Waals surface area contributed by atoms with Crippen molar-refractivity contribution in [1.29, 1.82) is 0 Å². The molecule has 0 saturated carbocycles. The largest absolute Gasteiger partial charge is 0.376 e. The second-order valence-corrected chi connectivity index (χ2v) is 7.19. The fourth-order valence-electron chi connectivity index (χ4n) is 4.05. The molecule has 1 aromatic carbocycles. The van der Waals surface area contributed by atoms with Crippen LogP contribution in [0.25, 0.3) is 0 Å². The van der Waals surface area contributed by atoms with E-state index in [9.17, 15) is 14.4 Å². The zero-order chi connectivity index (χ0) is 18.3. The average Bonchev–Trinajstić information content (AvgIpc) is 3.24. The molecular formula is C19H23N3O4. The van der Waals surface area contributed by atoms with Crippen LogP contribution in [0.4, 0.5) is 11.4 Å². The van der Waals surface area contributed by atoms with E-state index in [4.69, 9.17) is 4.74 Å². The van der Waals surface area contributed by atoms with E-state index in [2.05, 4.69) is 10.6 Å². The maximum absolute atomic E-state index is 12.4. The van der Waals surface area contributed by atoms with Crippen molar-refractivity contribution in [2.24, 2.45) is 0 Å². The molecule has 1 saturated heterocycles. The molecule has 0 spiro atoms. The molecule has 0 aromatic heterocycles. The van der Waals surface area contributed by atoms with Gasteiger partial charge < -0.3 is 20.3 Å². The lowest BCUT2D eigenvalue weighted by Gasteiger charge is -2.26. The molecule has 0 unspecified atom stereocenters. The monoisotopic (exact) mass is 357 g/mol. The van der Waals surface area contributed by atoms with Crippen LogP contribution in [0.5, 0.6) is 0 Å². The van der Waals surface area contributed by atoms with E-state index in [-0.39, 0.29) is 17.9 Å². The number of ether oxygens (including phenoxy) is 1. The summed E-state index contributed by atoms with van der Waals surface area (Å²) in [6.07, 6.45) is 3.66. The predicted molar refractivity (Wildman–Crippen MR) is 96.1 cm³/mol. The van der Waals surface area contributed by atoms with E-state index in [1.807, 2.05) is 24.0 Å². The standard InChI is InChI=1S/C19H23N3O4/c1-11-15-9-13(8-12-4-2-6-22(16(12)15)19(11)25)21-18(24)17(23)20-10-14-5-3-7-26-14/h8-9,11,14H,2-7,10H2,1H3,(H,20,23)(H,21,24)/t11-,14+/m1/s1. The van der Waals surface area contributed by atoms with Gasteiger partial charge in [-0.15, -0.1) is 0 Å². The van der Waals surface area contributed by atoms with Crippen molar-refractivity contribution >= 4 is 29.1 Å². The Kier molecular flexibility index (Phi) is 4.40. The van der Waals surface area contributed by atoms with E-state index >= 15 is 0 Å². The van der Waals surface area contributed by atoms with E-state index in [1.54, 1.807) is 0 Å². The number of nitrogens with zero attached hydrogens (tertiary/aromatic N) is 1. The van der Waals surface area contributed by atoms with E-state index < -0.39 is 11.8 Å². The minimum absolute atomic E-state index is 0.00551. The maximum atomic E-state index is 12.4. The molecule has 3 heterocycles. The molecule has 1 fully saturated rings. The van der Waals surface area contributed by atoms with Gasteiger partial charge in [0.25, 0.3) is 0 Å². The third kappa shape index (κ3) is 2.96. The highest BCUT2D eigenvalue weighted by Gasteiger charge is 2.38. The Hall–Kier alpha value is -2.41. The van der Waals surface area contributed by atoms with E-state index in [0.29, 0.717) is 18.8 Å². The van der Waals surface area contributed by atoms with Crippen molar-refractivity contribution in [1.82, 2.24) is 5.32 Å². The summed E-state index contributed by atoms with van der Waals surface area (Å²) in [4.78, 5) is 38.5. The van der Waals surface area contributed by atoms with Crippen molar-refractivity contribution in [3.63, 3.8) is 0 Å². The lowest BCUT2D eigenvalue weighted by Crippen LogP contribution is -2.39. The molecule has 0 aliphatic carbocycles. The first-order valence-electron chi connectivity index (χ1n) is 9.23. The number of benzene rings is 1. The van der Waals surface area contributed by atoms with Crippen LogP contribution in [-0.2, 0) is 25.5 Å². The fraction of sp³-hybridized carbons (Fsp3) is 0.526. The van der Waals surface area contributed by atoms with Gasteiger partial charge in [0.1, 0.15) is 0 Å². The lowest BCUT2D eigenvalue weighted by atomic mass is 9.96. The minimum Gasteiger partial charge on any atom is -0.376 e. The summed E-state index contributed by atoms with van der Waals surface area (Å²) in [7, 11) is 0. The second kappa shape index (κ2) is 6.72. The summed E-state index contributed by atoms with van der Waals surface area (Å²) in [6, 6.07) is 3.69. The van der Waals surface area contributed by atoms with Crippen molar-refractivity contribution < 1.29 is 19.1 Å². The Morgan fingerprint density at radius 2 is 2.12 bits per heavy atom. The Labute approximate surface area is 152 Å². The van der Waals surface area contributed by atoms with Crippen LogP contribution in [0.2, 0.25) is 0 Å². The zero-order valence-corrected chi connectivity index (χ0v) is 14.8. The molecule has 2 N–H and O–H groups in total. The van der Waals surface area contributed by atoms with Crippen LogP contribution in [-0.4, -0.2) is 43.5 Å². The minimum atomic E-state index is -0.695. The van der Waals surface area contributed by atoms with Crippen LogP contribution in [0.1, 0.15) is 43.2 Å². The number of carbonyl (C=O) groups excluding carboxylic acids is 3. The molecule has 3 amide bonds. The second-order valence-electron chi connectivity index (χ2n) is 7.19. The summed E-state index contributed by atoms with van der Waals surface area (Å²) in [5.74, 6) is -1.47. The zero-order valence-electron chi connectivity index (χ0n) is 14.8. The Morgan fingerprint density at radius 3 is 2.88 bits per heavy atom. The van der Waals surface area contributed by atoms with Gasteiger partial charge in [0.15, 0.2) is 0 Å². The molecule has 0 radical (unpaired) electrons. The highest BCUT2D eigenvalue weighted by atomic mass is 16.5. The first kappa shape index (κ1) is 17.0. The quantitative estimate of drug-likeness (QED) is 0.799. The number of hydrogen-bond acceptors (Lipinski definition) is 4. The molecule has 1 aromatic rings. The SMILES string of the molecule is C[C@H]1C(=O)N2CCCc3cc(NC(=O)C(=O)NC[C@@H]4CCCO4)cc1c32.